The largest absolute Gasteiger partial charge is 0.400 e. The third-order valence-electron chi connectivity index (χ3n) is 1.93. The van der Waals surface area contributed by atoms with Crippen LogP contribution in [0.3, 0.4) is 0 Å². The summed E-state index contributed by atoms with van der Waals surface area (Å²) in [7, 11) is 0.598. The van der Waals surface area contributed by atoms with Crippen LogP contribution in [0.2, 0.25) is 32.3 Å². The van der Waals surface area contributed by atoms with Gasteiger partial charge in [-0.1, -0.05) is 6.32 Å². The van der Waals surface area contributed by atoms with Crippen molar-refractivity contribution in [1.29, 1.82) is 5.26 Å². The highest BCUT2D eigenvalue weighted by atomic mass is 28.4. The highest BCUT2D eigenvalue weighted by Crippen LogP contribution is 2.32. The van der Waals surface area contributed by atoms with E-state index in [-0.39, 0.29) is 0 Å². The maximum atomic E-state index is 9.01. The minimum absolute atomic E-state index is 0.468. The molecule has 0 aliphatic carbocycles. The predicted octanol–water partition coefficient (Wildman–Crippen LogP) is 2.04. The Morgan fingerprint density at radius 2 is 2.17 bits per heavy atom. The van der Waals surface area contributed by atoms with Crippen molar-refractivity contribution in [2.75, 3.05) is 0 Å². The topological polar surface area (TPSA) is 33.0 Å². The third-order valence-corrected chi connectivity index (χ3v) is 2.93. The Morgan fingerprint density at radius 1 is 1.50 bits per heavy atom. The minimum atomic E-state index is -1.56. The number of hydrogen-bond donors (Lipinski definition) is 0. The van der Waals surface area contributed by atoms with Crippen molar-refractivity contribution in [1.82, 2.24) is 0 Å². The summed E-state index contributed by atoms with van der Waals surface area (Å²) in [6.07, 6.45) is 2.72. The van der Waals surface area contributed by atoms with Gasteiger partial charge in [0.2, 0.25) is 0 Å². The van der Waals surface area contributed by atoms with E-state index in [2.05, 4.69) is 33.0 Å². The normalized spacial score (nSPS) is 29.5. The maximum absolute atomic E-state index is 9.01. The smallest absolute Gasteiger partial charge is 0.185 e. The molecule has 0 amide bonds. The Labute approximate surface area is 76.3 Å². The molecule has 0 aromatic heterocycles. The van der Waals surface area contributed by atoms with Crippen molar-refractivity contribution >= 4 is 15.6 Å². The van der Waals surface area contributed by atoms with Crippen LogP contribution in [0.4, 0.5) is 0 Å². The van der Waals surface area contributed by atoms with E-state index >= 15 is 0 Å². The number of nitriles is 1. The molecule has 2 nitrogen and oxygen atoms in total. The Balaban J connectivity index is 2.64. The van der Waals surface area contributed by atoms with E-state index in [4.69, 9.17) is 9.69 Å². The summed E-state index contributed by atoms with van der Waals surface area (Å²) >= 11 is 0. The first kappa shape index (κ1) is 9.82. The summed E-state index contributed by atoms with van der Waals surface area (Å²) in [5, 5.41) is 9.01. The molecule has 0 aromatic rings. The quantitative estimate of drug-likeness (QED) is 0.609. The summed E-state index contributed by atoms with van der Waals surface area (Å²) in [6.45, 7) is 6.39. The zero-order valence-corrected chi connectivity index (χ0v) is 9.05. The average Bonchev–Trinajstić information content (AvgIpc) is 2.34. The molecule has 4 heteroatoms. The van der Waals surface area contributed by atoms with Crippen LogP contribution < -0.4 is 0 Å². The van der Waals surface area contributed by atoms with Crippen LogP contribution in [0, 0.1) is 11.3 Å². The van der Waals surface area contributed by atoms with E-state index in [1.54, 1.807) is 0 Å². The molecular formula is C8H15BNOSi. The third kappa shape index (κ3) is 2.36. The van der Waals surface area contributed by atoms with Gasteiger partial charge in [0.1, 0.15) is 12.9 Å². The molecule has 1 rings (SSSR count). The highest BCUT2D eigenvalue weighted by molar-refractivity contribution is 6.70. The lowest BCUT2D eigenvalue weighted by molar-refractivity contribution is 0.145. The first-order valence-electron chi connectivity index (χ1n) is 4.41. The fourth-order valence-corrected chi connectivity index (χ4v) is 2.98. The van der Waals surface area contributed by atoms with E-state index < -0.39 is 13.9 Å². The standard InChI is InChI=1S/C8H15BNOSi/c1-12(2,3)11-8(7-10)4-5-9-6-8/h4-6H2,1-3H3. The lowest BCUT2D eigenvalue weighted by atomic mass is 9.76. The second-order valence-electron chi connectivity index (χ2n) is 4.35. The van der Waals surface area contributed by atoms with Crippen molar-refractivity contribution < 1.29 is 4.43 Å². The SMILES string of the molecule is C[Si](C)(C)OC1(C#N)C[B]CC1. The lowest BCUT2D eigenvalue weighted by Gasteiger charge is -2.30. The van der Waals surface area contributed by atoms with Crippen LogP contribution in [0.5, 0.6) is 0 Å². The van der Waals surface area contributed by atoms with Crippen LogP contribution in [0.25, 0.3) is 0 Å². The Hall–Kier alpha value is -0.268. The van der Waals surface area contributed by atoms with Crippen LogP contribution in [0.15, 0.2) is 0 Å². The molecule has 65 valence electrons. The first-order chi connectivity index (χ1) is 5.47. The highest BCUT2D eigenvalue weighted by Gasteiger charge is 2.38. The van der Waals surface area contributed by atoms with Gasteiger partial charge in [0, 0.05) is 0 Å². The minimum Gasteiger partial charge on any atom is -0.400 e. The lowest BCUT2D eigenvalue weighted by Crippen LogP contribution is -2.39. The van der Waals surface area contributed by atoms with Crippen molar-refractivity contribution in [3.8, 4) is 6.07 Å². The van der Waals surface area contributed by atoms with Crippen LogP contribution in [-0.4, -0.2) is 21.2 Å². The van der Waals surface area contributed by atoms with Gasteiger partial charge in [0.25, 0.3) is 0 Å². The molecule has 1 atom stereocenters. The van der Waals surface area contributed by atoms with Gasteiger partial charge < -0.3 is 4.43 Å². The predicted molar refractivity (Wildman–Crippen MR) is 52.8 cm³/mol. The second kappa shape index (κ2) is 3.23. The summed E-state index contributed by atoms with van der Waals surface area (Å²) in [6, 6.07) is 2.32. The molecule has 0 spiro atoms. The molecule has 1 aliphatic heterocycles. The summed E-state index contributed by atoms with van der Waals surface area (Å²) in [5.74, 6) is 0. The fourth-order valence-electron chi connectivity index (χ4n) is 1.58. The summed E-state index contributed by atoms with van der Waals surface area (Å²) < 4.78 is 5.88. The molecule has 1 unspecified atom stereocenters. The molecule has 0 aromatic carbocycles. The van der Waals surface area contributed by atoms with Gasteiger partial charge in [-0.15, -0.1) is 0 Å². The molecule has 0 saturated carbocycles. The molecule has 1 fully saturated rings. The van der Waals surface area contributed by atoms with Crippen LogP contribution in [0.1, 0.15) is 6.42 Å². The van der Waals surface area contributed by atoms with Crippen LogP contribution in [-0.2, 0) is 4.43 Å². The van der Waals surface area contributed by atoms with Crippen LogP contribution >= 0.6 is 0 Å². The molecule has 1 saturated heterocycles. The maximum Gasteiger partial charge on any atom is 0.185 e. The van der Waals surface area contributed by atoms with Gasteiger partial charge in [-0.25, -0.2) is 0 Å². The fraction of sp³-hybridized carbons (Fsp3) is 0.875. The van der Waals surface area contributed by atoms with Gasteiger partial charge >= 0.3 is 0 Å². The number of rotatable bonds is 2. The van der Waals surface area contributed by atoms with E-state index in [1.807, 2.05) is 0 Å². The molecule has 0 bridgehead atoms. The zero-order valence-electron chi connectivity index (χ0n) is 8.05. The van der Waals surface area contributed by atoms with E-state index in [0.29, 0.717) is 0 Å². The number of nitrogens with zero attached hydrogens (tertiary/aromatic N) is 1. The average molecular weight is 180 g/mol. The molecule has 0 N–H and O–H groups in total. The monoisotopic (exact) mass is 180 g/mol. The molecule has 1 radical (unpaired) electrons. The van der Waals surface area contributed by atoms with Gasteiger partial charge in [-0.3, -0.25) is 0 Å². The Bertz CT molecular complexity index is 200. The zero-order chi connectivity index (χ0) is 9.24. The Morgan fingerprint density at radius 3 is 2.50 bits per heavy atom. The van der Waals surface area contributed by atoms with E-state index in [0.717, 1.165) is 19.1 Å². The molecule has 12 heavy (non-hydrogen) atoms. The number of hydrogen-bond acceptors (Lipinski definition) is 2. The molecule has 1 aliphatic rings. The Kier molecular flexibility index (Phi) is 2.64. The van der Waals surface area contributed by atoms with Crippen molar-refractivity contribution in [2.45, 2.75) is 44.3 Å². The van der Waals surface area contributed by atoms with Crippen molar-refractivity contribution in [2.24, 2.45) is 0 Å². The summed E-state index contributed by atoms with van der Waals surface area (Å²) in [5.41, 5.74) is -0.468. The van der Waals surface area contributed by atoms with Gasteiger partial charge in [0.05, 0.1) is 6.07 Å². The molecule has 1 heterocycles. The van der Waals surface area contributed by atoms with Crippen molar-refractivity contribution in [3.63, 3.8) is 0 Å². The van der Waals surface area contributed by atoms with E-state index in [9.17, 15) is 0 Å². The van der Waals surface area contributed by atoms with Gasteiger partial charge in [0.15, 0.2) is 8.32 Å². The van der Waals surface area contributed by atoms with Crippen molar-refractivity contribution in [3.05, 3.63) is 0 Å². The summed E-state index contributed by atoms with van der Waals surface area (Å²) in [4.78, 5) is 0. The first-order valence-corrected chi connectivity index (χ1v) is 7.81. The van der Waals surface area contributed by atoms with Gasteiger partial charge in [-0.05, 0) is 32.4 Å². The second-order valence-corrected chi connectivity index (χ2v) is 8.78. The molecular weight excluding hydrogens is 165 g/mol. The van der Waals surface area contributed by atoms with E-state index in [1.165, 1.54) is 0 Å². The van der Waals surface area contributed by atoms with Gasteiger partial charge in [-0.2, -0.15) is 5.26 Å².